The molecule has 32 heavy (non-hydrogen) atoms. The predicted octanol–water partition coefficient (Wildman–Crippen LogP) is 5.65. The minimum atomic E-state index is -0.442. The lowest BCUT2D eigenvalue weighted by Crippen LogP contribution is -2.28. The highest BCUT2D eigenvalue weighted by molar-refractivity contribution is 7.99. The van der Waals surface area contributed by atoms with Crippen LogP contribution >= 0.6 is 58.2 Å². The second-order valence-corrected chi connectivity index (χ2v) is 9.20. The molecule has 3 rings (SSSR count). The first-order chi connectivity index (χ1) is 15.2. The smallest absolute Gasteiger partial charge is 0.251 e. The van der Waals surface area contributed by atoms with Crippen LogP contribution < -0.4 is 10.6 Å². The zero-order valence-corrected chi connectivity index (χ0v) is 20.7. The van der Waals surface area contributed by atoms with Crippen LogP contribution in [0.3, 0.4) is 0 Å². The number of nitrogens with one attached hydrogen (secondary N) is 2. The lowest BCUT2D eigenvalue weighted by molar-refractivity contribution is -0.113. The van der Waals surface area contributed by atoms with E-state index in [0.29, 0.717) is 37.3 Å². The monoisotopic (exact) mass is 531 g/mol. The molecule has 2 N–H and O–H groups in total. The summed E-state index contributed by atoms with van der Waals surface area (Å²) in [5, 5.41) is 15.6. The summed E-state index contributed by atoms with van der Waals surface area (Å²) in [6, 6.07) is 9.18. The SMILES string of the molecule is C[C@H](NC(=O)c1ccc(Cl)c(Cl)c1)c1nnc(SCC(=O)Nc2cccc(Cl)c2Cl)n1C. The zero-order valence-electron chi connectivity index (χ0n) is 16.8. The Morgan fingerprint density at radius 3 is 2.53 bits per heavy atom. The van der Waals surface area contributed by atoms with Crippen molar-refractivity contribution in [3.05, 3.63) is 67.9 Å². The van der Waals surface area contributed by atoms with Gasteiger partial charge in [0.2, 0.25) is 5.91 Å². The molecule has 1 atom stereocenters. The number of amides is 2. The van der Waals surface area contributed by atoms with Crippen LogP contribution in [0, 0.1) is 0 Å². The summed E-state index contributed by atoms with van der Waals surface area (Å²) in [5.74, 6) is 0.00804. The molecular formula is C20H17Cl4N5O2S. The van der Waals surface area contributed by atoms with Gasteiger partial charge in [-0.1, -0.05) is 64.2 Å². The van der Waals surface area contributed by atoms with E-state index in [9.17, 15) is 9.59 Å². The second kappa shape index (κ2) is 10.8. The van der Waals surface area contributed by atoms with Crippen LogP contribution in [0.15, 0.2) is 41.6 Å². The Morgan fingerprint density at radius 2 is 1.81 bits per heavy atom. The summed E-state index contributed by atoms with van der Waals surface area (Å²) in [6.07, 6.45) is 0. The average Bonchev–Trinajstić information content (AvgIpc) is 3.12. The minimum Gasteiger partial charge on any atom is -0.342 e. The lowest BCUT2D eigenvalue weighted by Gasteiger charge is -2.14. The molecule has 1 heterocycles. The number of halogens is 4. The van der Waals surface area contributed by atoms with Crippen molar-refractivity contribution in [1.82, 2.24) is 20.1 Å². The Hall–Kier alpha value is -1.97. The van der Waals surface area contributed by atoms with Gasteiger partial charge in [0.1, 0.15) is 0 Å². The molecule has 168 valence electrons. The van der Waals surface area contributed by atoms with E-state index in [1.165, 1.54) is 17.8 Å². The summed E-state index contributed by atoms with van der Waals surface area (Å²) in [7, 11) is 1.76. The number of carbonyl (C=O) groups is 2. The summed E-state index contributed by atoms with van der Waals surface area (Å²) < 4.78 is 1.71. The number of benzene rings is 2. The van der Waals surface area contributed by atoms with Crippen LogP contribution in [0.4, 0.5) is 5.69 Å². The maximum absolute atomic E-state index is 12.5. The van der Waals surface area contributed by atoms with E-state index in [-0.39, 0.29) is 22.6 Å². The van der Waals surface area contributed by atoms with Crippen molar-refractivity contribution in [3.8, 4) is 0 Å². The Morgan fingerprint density at radius 1 is 1.06 bits per heavy atom. The van der Waals surface area contributed by atoms with Gasteiger partial charge in [0.25, 0.3) is 5.91 Å². The average molecular weight is 533 g/mol. The van der Waals surface area contributed by atoms with E-state index < -0.39 is 6.04 Å². The third kappa shape index (κ3) is 5.88. The highest BCUT2D eigenvalue weighted by atomic mass is 35.5. The number of thioether (sulfide) groups is 1. The van der Waals surface area contributed by atoms with Crippen molar-refractivity contribution in [2.45, 2.75) is 18.1 Å². The maximum atomic E-state index is 12.5. The highest BCUT2D eigenvalue weighted by Crippen LogP contribution is 2.30. The van der Waals surface area contributed by atoms with E-state index in [1.807, 2.05) is 0 Å². The fourth-order valence-corrected chi connectivity index (χ4v) is 4.09. The first kappa shape index (κ1) is 24.7. The molecule has 3 aromatic rings. The van der Waals surface area contributed by atoms with Crippen LogP contribution in [-0.2, 0) is 11.8 Å². The van der Waals surface area contributed by atoms with Gasteiger partial charge < -0.3 is 15.2 Å². The standard InChI is InChI=1S/C20H17Cl4N5O2S/c1-10(25-19(31)11-6-7-12(21)14(23)8-11)18-27-28-20(29(18)2)32-9-16(30)26-15-5-3-4-13(22)17(15)24/h3-8,10H,9H2,1-2H3,(H,25,31)(H,26,30)/t10-/m0/s1. The lowest BCUT2D eigenvalue weighted by atomic mass is 10.2. The summed E-state index contributed by atoms with van der Waals surface area (Å²) in [5.41, 5.74) is 0.807. The van der Waals surface area contributed by atoms with Crippen molar-refractivity contribution in [1.29, 1.82) is 0 Å². The number of carbonyl (C=O) groups excluding carboxylic acids is 2. The number of hydrogen-bond donors (Lipinski definition) is 2. The Bertz CT molecular complexity index is 1170. The molecule has 7 nitrogen and oxygen atoms in total. The molecule has 0 bridgehead atoms. The normalized spacial score (nSPS) is 11.8. The van der Waals surface area contributed by atoms with Gasteiger partial charge in [-0.05, 0) is 37.3 Å². The van der Waals surface area contributed by atoms with E-state index in [1.54, 1.807) is 48.9 Å². The van der Waals surface area contributed by atoms with E-state index in [4.69, 9.17) is 46.4 Å². The zero-order chi connectivity index (χ0) is 23.4. The largest absolute Gasteiger partial charge is 0.342 e. The molecule has 0 unspecified atom stereocenters. The molecule has 1 aromatic heterocycles. The predicted molar refractivity (Wildman–Crippen MR) is 129 cm³/mol. The van der Waals surface area contributed by atoms with Crippen molar-refractivity contribution < 1.29 is 9.59 Å². The fraction of sp³-hybridized carbons (Fsp3) is 0.200. The van der Waals surface area contributed by atoms with Gasteiger partial charge >= 0.3 is 0 Å². The van der Waals surface area contributed by atoms with Gasteiger partial charge in [0.15, 0.2) is 11.0 Å². The third-order valence-corrected chi connectivity index (χ3v) is 6.92. The van der Waals surface area contributed by atoms with Crippen molar-refractivity contribution in [2.75, 3.05) is 11.1 Å². The summed E-state index contributed by atoms with van der Waals surface area (Å²) in [6.45, 7) is 1.78. The number of nitrogens with zero attached hydrogens (tertiary/aromatic N) is 3. The van der Waals surface area contributed by atoms with Crippen molar-refractivity contribution in [2.24, 2.45) is 7.05 Å². The molecular weight excluding hydrogens is 516 g/mol. The summed E-state index contributed by atoms with van der Waals surface area (Å²) in [4.78, 5) is 24.8. The molecule has 0 aliphatic carbocycles. The van der Waals surface area contributed by atoms with Crippen molar-refractivity contribution >= 4 is 75.7 Å². The molecule has 0 fully saturated rings. The topological polar surface area (TPSA) is 88.9 Å². The second-order valence-electron chi connectivity index (χ2n) is 6.66. The molecule has 2 aromatic carbocycles. The number of aromatic nitrogens is 3. The Kier molecular flexibility index (Phi) is 8.30. The Balaban J connectivity index is 1.60. The van der Waals surface area contributed by atoms with Gasteiger partial charge in [0, 0.05) is 12.6 Å². The van der Waals surface area contributed by atoms with Gasteiger partial charge in [-0.2, -0.15) is 0 Å². The molecule has 0 saturated carbocycles. The molecule has 12 heteroatoms. The van der Waals surface area contributed by atoms with E-state index in [2.05, 4.69) is 20.8 Å². The third-order valence-electron chi connectivity index (χ3n) is 4.34. The minimum absolute atomic E-state index is 0.0822. The van der Waals surface area contributed by atoms with Gasteiger partial charge in [-0.15, -0.1) is 10.2 Å². The fourth-order valence-electron chi connectivity index (χ4n) is 2.73. The quantitative estimate of drug-likeness (QED) is 0.384. The van der Waals surface area contributed by atoms with Crippen LogP contribution in [-0.4, -0.2) is 32.3 Å². The van der Waals surface area contributed by atoms with Gasteiger partial charge in [-0.3, -0.25) is 9.59 Å². The molecule has 0 spiro atoms. The number of hydrogen-bond acceptors (Lipinski definition) is 5. The number of rotatable bonds is 7. The van der Waals surface area contributed by atoms with Crippen LogP contribution in [0.5, 0.6) is 0 Å². The first-order valence-corrected chi connectivity index (χ1v) is 11.7. The summed E-state index contributed by atoms with van der Waals surface area (Å²) >= 11 is 25.1. The maximum Gasteiger partial charge on any atom is 0.251 e. The van der Waals surface area contributed by atoms with Gasteiger partial charge in [0.05, 0.1) is 37.6 Å². The molecule has 0 aliphatic heterocycles. The molecule has 0 radical (unpaired) electrons. The first-order valence-electron chi connectivity index (χ1n) is 9.19. The van der Waals surface area contributed by atoms with E-state index in [0.717, 1.165) is 0 Å². The Labute approximate surface area is 208 Å². The van der Waals surface area contributed by atoms with Crippen LogP contribution in [0.1, 0.15) is 29.1 Å². The van der Waals surface area contributed by atoms with E-state index >= 15 is 0 Å². The van der Waals surface area contributed by atoms with Crippen LogP contribution in [0.2, 0.25) is 20.1 Å². The molecule has 2 amide bonds. The van der Waals surface area contributed by atoms with Gasteiger partial charge in [-0.25, -0.2) is 0 Å². The molecule has 0 saturated heterocycles. The molecule has 0 aliphatic rings. The number of anilines is 1. The highest BCUT2D eigenvalue weighted by Gasteiger charge is 2.19. The van der Waals surface area contributed by atoms with Crippen LogP contribution in [0.25, 0.3) is 0 Å². The van der Waals surface area contributed by atoms with Crippen molar-refractivity contribution in [3.63, 3.8) is 0 Å².